The van der Waals surface area contributed by atoms with Crippen molar-refractivity contribution in [1.29, 1.82) is 0 Å². The zero-order valence-electron chi connectivity index (χ0n) is 13.0. The summed E-state index contributed by atoms with van der Waals surface area (Å²) in [5, 5.41) is 6.42. The minimum absolute atomic E-state index is 0.353. The third kappa shape index (κ3) is 4.44. The summed E-state index contributed by atoms with van der Waals surface area (Å²) in [7, 11) is 1.36. The fourth-order valence-corrected chi connectivity index (χ4v) is 1.79. The maximum atomic E-state index is 11.4. The highest BCUT2D eigenvalue weighted by molar-refractivity contribution is 5.89. The molecule has 0 saturated carbocycles. The summed E-state index contributed by atoms with van der Waals surface area (Å²) in [6.07, 6.45) is 1.51. The van der Waals surface area contributed by atoms with E-state index in [-0.39, 0.29) is 5.97 Å². The lowest BCUT2D eigenvalue weighted by Crippen LogP contribution is -2.09. The first-order valence-electron chi connectivity index (χ1n) is 7.10. The van der Waals surface area contributed by atoms with Gasteiger partial charge in [-0.05, 0) is 30.2 Å². The van der Waals surface area contributed by atoms with Gasteiger partial charge in [0, 0.05) is 18.3 Å². The smallest absolute Gasteiger partial charge is 0.337 e. The van der Waals surface area contributed by atoms with E-state index >= 15 is 0 Å². The lowest BCUT2D eigenvalue weighted by atomic mass is 10.2. The third-order valence-corrected chi connectivity index (χ3v) is 2.94. The Morgan fingerprint density at radius 1 is 1.18 bits per heavy atom. The van der Waals surface area contributed by atoms with Gasteiger partial charge < -0.3 is 15.4 Å². The van der Waals surface area contributed by atoms with Gasteiger partial charge in [0.05, 0.1) is 12.7 Å². The van der Waals surface area contributed by atoms with Crippen LogP contribution in [0.2, 0.25) is 0 Å². The molecule has 116 valence electrons. The molecule has 0 saturated heterocycles. The molecule has 0 amide bonds. The van der Waals surface area contributed by atoms with Gasteiger partial charge >= 0.3 is 5.97 Å². The van der Waals surface area contributed by atoms with Crippen molar-refractivity contribution in [3.05, 3.63) is 42.2 Å². The molecule has 0 unspecified atom stereocenters. The fourth-order valence-electron chi connectivity index (χ4n) is 1.79. The normalized spacial score (nSPS) is 10.4. The van der Waals surface area contributed by atoms with Crippen LogP contribution < -0.4 is 10.6 Å². The van der Waals surface area contributed by atoms with Crippen molar-refractivity contribution in [2.75, 3.05) is 24.3 Å². The summed E-state index contributed by atoms with van der Waals surface area (Å²) in [6, 6.07) is 8.85. The molecular weight excluding hydrogens is 280 g/mol. The van der Waals surface area contributed by atoms with Gasteiger partial charge in [-0.15, -0.1) is 0 Å². The molecule has 1 heterocycles. The molecular formula is C16H20N4O2. The molecule has 0 aliphatic heterocycles. The number of hydrogen-bond donors (Lipinski definition) is 2. The number of rotatable bonds is 6. The van der Waals surface area contributed by atoms with Gasteiger partial charge in [-0.1, -0.05) is 13.8 Å². The summed E-state index contributed by atoms with van der Waals surface area (Å²) in [4.78, 5) is 19.7. The van der Waals surface area contributed by atoms with Crippen molar-refractivity contribution < 1.29 is 9.53 Å². The van der Waals surface area contributed by atoms with Crippen molar-refractivity contribution in [2.45, 2.75) is 13.8 Å². The van der Waals surface area contributed by atoms with E-state index in [1.807, 2.05) is 6.07 Å². The first kappa shape index (κ1) is 15.8. The first-order chi connectivity index (χ1) is 10.6. The molecule has 0 aliphatic rings. The predicted octanol–water partition coefficient (Wildman–Crippen LogP) is 3.07. The van der Waals surface area contributed by atoms with Crippen LogP contribution in [0.5, 0.6) is 0 Å². The lowest BCUT2D eigenvalue weighted by molar-refractivity contribution is 0.0601. The molecule has 2 rings (SSSR count). The molecule has 0 aliphatic carbocycles. The van der Waals surface area contributed by atoms with Gasteiger partial charge in [-0.3, -0.25) is 0 Å². The highest BCUT2D eigenvalue weighted by atomic mass is 16.5. The van der Waals surface area contributed by atoms with Crippen LogP contribution in [0.4, 0.5) is 17.3 Å². The molecule has 22 heavy (non-hydrogen) atoms. The van der Waals surface area contributed by atoms with Crippen LogP contribution in [-0.2, 0) is 4.74 Å². The van der Waals surface area contributed by atoms with Gasteiger partial charge in [0.15, 0.2) is 0 Å². The van der Waals surface area contributed by atoms with Crippen molar-refractivity contribution in [2.24, 2.45) is 5.92 Å². The van der Waals surface area contributed by atoms with E-state index in [1.54, 1.807) is 24.3 Å². The third-order valence-electron chi connectivity index (χ3n) is 2.94. The van der Waals surface area contributed by atoms with Crippen LogP contribution in [0.1, 0.15) is 24.2 Å². The molecule has 0 spiro atoms. The van der Waals surface area contributed by atoms with Gasteiger partial charge in [0.2, 0.25) is 0 Å². The minimum Gasteiger partial charge on any atom is -0.465 e. The van der Waals surface area contributed by atoms with E-state index in [9.17, 15) is 4.79 Å². The Morgan fingerprint density at radius 3 is 2.50 bits per heavy atom. The van der Waals surface area contributed by atoms with Crippen LogP contribution in [0, 0.1) is 5.92 Å². The summed E-state index contributed by atoms with van der Waals surface area (Å²) >= 11 is 0. The largest absolute Gasteiger partial charge is 0.465 e. The number of methoxy groups -OCH3 is 1. The molecule has 2 aromatic rings. The van der Waals surface area contributed by atoms with Crippen molar-refractivity contribution >= 4 is 23.3 Å². The number of nitrogens with one attached hydrogen (secondary N) is 2. The Bertz CT molecular complexity index is 626. The quantitative estimate of drug-likeness (QED) is 0.798. The van der Waals surface area contributed by atoms with Crippen LogP contribution in [0.15, 0.2) is 36.7 Å². The number of carbonyl (C=O) groups excluding carboxylic acids is 1. The Morgan fingerprint density at radius 2 is 1.86 bits per heavy atom. The standard InChI is InChI=1S/C16H20N4O2/c1-11(2)9-17-14-8-15(19-10-18-14)20-13-6-4-12(5-7-13)16(21)22-3/h4-8,10-11H,9H2,1-3H3,(H2,17,18,19,20). The Kier molecular flexibility index (Phi) is 5.30. The van der Waals surface area contributed by atoms with Crippen LogP contribution in [-0.4, -0.2) is 29.6 Å². The van der Waals surface area contributed by atoms with Gasteiger partial charge in [0.25, 0.3) is 0 Å². The molecule has 6 nitrogen and oxygen atoms in total. The summed E-state index contributed by atoms with van der Waals surface area (Å²) < 4.78 is 4.67. The molecule has 0 atom stereocenters. The zero-order valence-corrected chi connectivity index (χ0v) is 13.0. The molecule has 0 radical (unpaired) electrons. The van der Waals surface area contributed by atoms with E-state index in [4.69, 9.17) is 0 Å². The van der Waals surface area contributed by atoms with Gasteiger partial charge in [-0.2, -0.15) is 0 Å². The Balaban J connectivity index is 2.04. The average Bonchev–Trinajstić information content (AvgIpc) is 2.53. The maximum absolute atomic E-state index is 11.4. The average molecular weight is 300 g/mol. The van der Waals surface area contributed by atoms with E-state index in [0.717, 1.165) is 18.1 Å². The monoisotopic (exact) mass is 300 g/mol. The number of esters is 1. The Hall–Kier alpha value is -2.63. The minimum atomic E-state index is -0.353. The summed E-state index contributed by atoms with van der Waals surface area (Å²) in [6.45, 7) is 5.12. The van der Waals surface area contributed by atoms with E-state index in [2.05, 4.69) is 39.2 Å². The topological polar surface area (TPSA) is 76.1 Å². The molecule has 6 heteroatoms. The van der Waals surface area contributed by atoms with Crippen LogP contribution in [0.3, 0.4) is 0 Å². The molecule has 1 aromatic carbocycles. The van der Waals surface area contributed by atoms with Gasteiger partial charge in [-0.25, -0.2) is 14.8 Å². The second kappa shape index (κ2) is 7.40. The molecule has 2 N–H and O–H groups in total. The van der Waals surface area contributed by atoms with Crippen molar-refractivity contribution in [3.63, 3.8) is 0 Å². The number of hydrogen-bond acceptors (Lipinski definition) is 6. The molecule has 0 bridgehead atoms. The number of benzene rings is 1. The van der Waals surface area contributed by atoms with Crippen LogP contribution >= 0.6 is 0 Å². The van der Waals surface area contributed by atoms with E-state index < -0.39 is 0 Å². The number of nitrogens with zero attached hydrogens (tertiary/aromatic N) is 2. The van der Waals surface area contributed by atoms with Crippen molar-refractivity contribution in [3.8, 4) is 0 Å². The second-order valence-corrected chi connectivity index (χ2v) is 5.26. The van der Waals surface area contributed by atoms with E-state index in [0.29, 0.717) is 17.3 Å². The molecule has 1 aromatic heterocycles. The predicted molar refractivity (Wildman–Crippen MR) is 86.4 cm³/mol. The maximum Gasteiger partial charge on any atom is 0.337 e. The Labute approximate surface area is 129 Å². The zero-order chi connectivity index (χ0) is 15.9. The second-order valence-electron chi connectivity index (χ2n) is 5.26. The summed E-state index contributed by atoms with van der Waals surface area (Å²) in [5.41, 5.74) is 1.34. The number of ether oxygens (including phenoxy) is 1. The lowest BCUT2D eigenvalue weighted by Gasteiger charge is -2.10. The fraction of sp³-hybridized carbons (Fsp3) is 0.312. The SMILES string of the molecule is COC(=O)c1ccc(Nc2cc(NCC(C)C)ncn2)cc1. The van der Waals surface area contributed by atoms with E-state index in [1.165, 1.54) is 13.4 Å². The van der Waals surface area contributed by atoms with Crippen molar-refractivity contribution in [1.82, 2.24) is 9.97 Å². The number of aromatic nitrogens is 2. The molecule has 0 fully saturated rings. The first-order valence-corrected chi connectivity index (χ1v) is 7.10. The number of anilines is 3. The number of carbonyl (C=O) groups is 1. The highest BCUT2D eigenvalue weighted by Gasteiger charge is 2.05. The highest BCUT2D eigenvalue weighted by Crippen LogP contribution is 2.17. The summed E-state index contributed by atoms with van der Waals surface area (Å²) in [5.74, 6) is 1.65. The van der Waals surface area contributed by atoms with Crippen LogP contribution in [0.25, 0.3) is 0 Å². The van der Waals surface area contributed by atoms with Gasteiger partial charge in [0.1, 0.15) is 18.0 Å².